The Balaban J connectivity index is 2.26. The molecular formula is C13H16BrN3O3. The van der Waals surface area contributed by atoms with Gasteiger partial charge >= 0.3 is 0 Å². The molecule has 0 spiro atoms. The zero-order chi connectivity index (χ0) is 14.5. The topological polar surface area (TPSA) is 69.4 Å². The van der Waals surface area contributed by atoms with E-state index in [0.29, 0.717) is 13.0 Å². The monoisotopic (exact) mass is 341 g/mol. The second-order valence-electron chi connectivity index (χ2n) is 4.18. The van der Waals surface area contributed by atoms with Crippen molar-refractivity contribution in [3.05, 3.63) is 34.1 Å². The first kappa shape index (κ1) is 14.8. The molecule has 0 fully saturated rings. The molecule has 2 rings (SSSR count). The first-order valence-electron chi connectivity index (χ1n) is 6.08. The maximum Gasteiger partial charge on any atom is 0.133 e. The number of benzene rings is 1. The fourth-order valence-electron chi connectivity index (χ4n) is 1.87. The van der Waals surface area contributed by atoms with Crippen LogP contribution in [0.2, 0.25) is 0 Å². The van der Waals surface area contributed by atoms with Crippen LogP contribution >= 0.6 is 15.9 Å². The molecule has 0 saturated heterocycles. The van der Waals surface area contributed by atoms with Crippen LogP contribution in [0.4, 0.5) is 0 Å². The molecule has 7 heteroatoms. The number of hydrogen-bond acceptors (Lipinski definition) is 5. The van der Waals surface area contributed by atoms with Crippen LogP contribution in [0.3, 0.4) is 0 Å². The number of ether oxygens (including phenoxy) is 2. The van der Waals surface area contributed by atoms with E-state index in [1.54, 1.807) is 18.9 Å². The Hall–Kier alpha value is -1.60. The number of aliphatic hydroxyl groups is 1. The van der Waals surface area contributed by atoms with Crippen molar-refractivity contribution in [2.24, 2.45) is 0 Å². The van der Waals surface area contributed by atoms with Gasteiger partial charge in [0.1, 0.15) is 11.5 Å². The lowest BCUT2D eigenvalue weighted by molar-refractivity contribution is 0.298. The third-order valence-corrected chi connectivity index (χ3v) is 3.46. The number of aliphatic hydroxyl groups excluding tert-OH is 1. The van der Waals surface area contributed by atoms with Crippen LogP contribution in [0.1, 0.15) is 11.3 Å². The molecule has 2 aromatic rings. The normalized spacial score (nSPS) is 10.6. The quantitative estimate of drug-likeness (QED) is 0.864. The largest absolute Gasteiger partial charge is 0.496 e. The number of hydrogen-bond donors (Lipinski definition) is 1. The Kier molecular flexibility index (Phi) is 4.97. The van der Waals surface area contributed by atoms with E-state index in [0.717, 1.165) is 27.2 Å². The Morgan fingerprint density at radius 1 is 1.25 bits per heavy atom. The zero-order valence-electron chi connectivity index (χ0n) is 11.3. The zero-order valence-corrected chi connectivity index (χ0v) is 12.9. The van der Waals surface area contributed by atoms with Crippen LogP contribution in [0.15, 0.2) is 22.8 Å². The summed E-state index contributed by atoms with van der Waals surface area (Å²) in [4.78, 5) is 0. The summed E-state index contributed by atoms with van der Waals surface area (Å²) in [6.07, 6.45) is 2.31. The van der Waals surface area contributed by atoms with Crippen molar-refractivity contribution in [1.29, 1.82) is 0 Å². The Labute approximate surface area is 125 Å². The molecule has 1 N–H and O–H groups in total. The van der Waals surface area contributed by atoms with Gasteiger partial charge in [-0.05, 0) is 28.1 Å². The van der Waals surface area contributed by atoms with Crippen molar-refractivity contribution >= 4 is 15.9 Å². The highest BCUT2D eigenvalue weighted by Crippen LogP contribution is 2.33. The van der Waals surface area contributed by atoms with Gasteiger partial charge in [0, 0.05) is 24.8 Å². The SMILES string of the molecule is COc1cc(Cn2cc(CCO)nn2)c(OC)cc1Br. The van der Waals surface area contributed by atoms with Crippen LogP contribution in [0, 0.1) is 0 Å². The smallest absolute Gasteiger partial charge is 0.133 e. The molecule has 0 aliphatic carbocycles. The van der Waals surface area contributed by atoms with Crippen molar-refractivity contribution in [3.63, 3.8) is 0 Å². The molecule has 0 atom stereocenters. The molecule has 0 bridgehead atoms. The van der Waals surface area contributed by atoms with E-state index in [1.165, 1.54) is 0 Å². The second kappa shape index (κ2) is 6.71. The molecule has 0 saturated carbocycles. The minimum Gasteiger partial charge on any atom is -0.496 e. The molecular weight excluding hydrogens is 326 g/mol. The molecule has 0 aliphatic rings. The predicted molar refractivity (Wildman–Crippen MR) is 77.2 cm³/mol. The van der Waals surface area contributed by atoms with Gasteiger partial charge in [0.25, 0.3) is 0 Å². The van der Waals surface area contributed by atoms with E-state index in [-0.39, 0.29) is 6.61 Å². The van der Waals surface area contributed by atoms with Gasteiger partial charge in [-0.25, -0.2) is 4.68 Å². The van der Waals surface area contributed by atoms with Crippen molar-refractivity contribution in [3.8, 4) is 11.5 Å². The minimum atomic E-state index is 0.0636. The van der Waals surface area contributed by atoms with Crippen LogP contribution < -0.4 is 9.47 Å². The van der Waals surface area contributed by atoms with Gasteiger partial charge < -0.3 is 14.6 Å². The van der Waals surface area contributed by atoms with Crippen molar-refractivity contribution in [2.45, 2.75) is 13.0 Å². The van der Waals surface area contributed by atoms with Gasteiger partial charge in [0.05, 0.1) is 30.9 Å². The summed E-state index contributed by atoms with van der Waals surface area (Å²) in [5.74, 6) is 1.48. The molecule has 1 aromatic carbocycles. The number of methoxy groups -OCH3 is 2. The average molecular weight is 342 g/mol. The maximum atomic E-state index is 8.88. The average Bonchev–Trinajstić information content (AvgIpc) is 2.88. The summed E-state index contributed by atoms with van der Waals surface area (Å²) in [5, 5.41) is 16.9. The third-order valence-electron chi connectivity index (χ3n) is 2.84. The van der Waals surface area contributed by atoms with E-state index in [9.17, 15) is 0 Å². The van der Waals surface area contributed by atoms with E-state index in [1.807, 2.05) is 18.3 Å². The lowest BCUT2D eigenvalue weighted by atomic mass is 10.2. The van der Waals surface area contributed by atoms with E-state index < -0.39 is 0 Å². The molecule has 1 heterocycles. The van der Waals surface area contributed by atoms with E-state index in [2.05, 4.69) is 26.2 Å². The van der Waals surface area contributed by atoms with Crippen molar-refractivity contribution in [2.75, 3.05) is 20.8 Å². The van der Waals surface area contributed by atoms with E-state index in [4.69, 9.17) is 14.6 Å². The molecule has 1 aromatic heterocycles. The number of nitrogens with zero attached hydrogens (tertiary/aromatic N) is 3. The van der Waals surface area contributed by atoms with Gasteiger partial charge in [0.2, 0.25) is 0 Å². The Morgan fingerprint density at radius 2 is 2.00 bits per heavy atom. The molecule has 0 aliphatic heterocycles. The van der Waals surface area contributed by atoms with Crippen LogP contribution in [0.25, 0.3) is 0 Å². The summed E-state index contributed by atoms with van der Waals surface area (Å²) in [6.45, 7) is 0.583. The van der Waals surface area contributed by atoms with Crippen molar-refractivity contribution < 1.29 is 14.6 Å². The third kappa shape index (κ3) is 3.29. The predicted octanol–water partition coefficient (Wildman–Crippen LogP) is 1.64. The van der Waals surface area contributed by atoms with Gasteiger partial charge in [-0.1, -0.05) is 5.21 Å². The van der Waals surface area contributed by atoms with Gasteiger partial charge in [0.15, 0.2) is 0 Å². The highest BCUT2D eigenvalue weighted by atomic mass is 79.9. The summed E-state index contributed by atoms with van der Waals surface area (Å²) < 4.78 is 13.2. The fourth-order valence-corrected chi connectivity index (χ4v) is 2.35. The van der Waals surface area contributed by atoms with E-state index >= 15 is 0 Å². The van der Waals surface area contributed by atoms with Crippen LogP contribution in [-0.4, -0.2) is 40.9 Å². The van der Waals surface area contributed by atoms with Crippen LogP contribution in [0.5, 0.6) is 11.5 Å². The standard InChI is InChI=1S/C13H16BrN3O3/c1-19-12-6-11(14)13(20-2)5-9(12)7-17-8-10(3-4-18)15-16-17/h5-6,8,18H,3-4,7H2,1-2H3. The lowest BCUT2D eigenvalue weighted by Gasteiger charge is -2.12. The highest BCUT2D eigenvalue weighted by molar-refractivity contribution is 9.10. The van der Waals surface area contributed by atoms with Gasteiger partial charge in [-0.2, -0.15) is 0 Å². The van der Waals surface area contributed by atoms with Gasteiger partial charge in [-0.15, -0.1) is 5.10 Å². The summed E-state index contributed by atoms with van der Waals surface area (Å²) in [5.41, 5.74) is 1.70. The summed E-state index contributed by atoms with van der Waals surface area (Å²) in [6, 6.07) is 3.76. The minimum absolute atomic E-state index is 0.0636. The first-order valence-corrected chi connectivity index (χ1v) is 6.87. The molecule has 6 nitrogen and oxygen atoms in total. The van der Waals surface area contributed by atoms with Crippen molar-refractivity contribution in [1.82, 2.24) is 15.0 Å². The van der Waals surface area contributed by atoms with Crippen LogP contribution in [-0.2, 0) is 13.0 Å². The second-order valence-corrected chi connectivity index (χ2v) is 5.03. The van der Waals surface area contributed by atoms with Gasteiger partial charge in [-0.3, -0.25) is 0 Å². The summed E-state index contributed by atoms with van der Waals surface area (Å²) in [7, 11) is 3.24. The summed E-state index contributed by atoms with van der Waals surface area (Å²) >= 11 is 3.42. The Morgan fingerprint density at radius 3 is 2.65 bits per heavy atom. The molecule has 20 heavy (non-hydrogen) atoms. The Bertz CT molecular complexity index is 586. The highest BCUT2D eigenvalue weighted by Gasteiger charge is 2.11. The fraction of sp³-hybridized carbons (Fsp3) is 0.385. The molecule has 0 amide bonds. The lowest BCUT2D eigenvalue weighted by Crippen LogP contribution is -2.03. The molecule has 0 unspecified atom stereocenters. The first-order chi connectivity index (χ1) is 9.67. The molecule has 108 valence electrons. The number of halogens is 1. The number of aromatic nitrogens is 3. The number of rotatable bonds is 6. The maximum absolute atomic E-state index is 8.88. The molecule has 0 radical (unpaired) electrons.